The maximum absolute atomic E-state index is 11.0. The minimum Gasteiger partial charge on any atom is -0.384 e. The van der Waals surface area contributed by atoms with Gasteiger partial charge in [-0.15, -0.1) is 0 Å². The summed E-state index contributed by atoms with van der Waals surface area (Å²) in [6, 6.07) is 10.6. The molecule has 3 rings (SSSR count). The average molecular weight is 304 g/mol. The number of nitro groups is 1. The van der Waals surface area contributed by atoms with Crippen LogP contribution in [0.15, 0.2) is 36.4 Å². The number of halogens is 1. The van der Waals surface area contributed by atoms with Crippen molar-refractivity contribution in [1.82, 2.24) is 0 Å². The summed E-state index contributed by atoms with van der Waals surface area (Å²) in [7, 11) is 0. The highest BCUT2D eigenvalue weighted by atomic mass is 35.5. The van der Waals surface area contributed by atoms with Gasteiger partial charge in [-0.25, -0.2) is 0 Å². The number of nitrogens with zero attached hydrogens (tertiary/aromatic N) is 1. The molecule has 5 nitrogen and oxygen atoms in total. The third kappa shape index (κ3) is 2.78. The van der Waals surface area contributed by atoms with Crippen LogP contribution in [0, 0.1) is 10.1 Å². The van der Waals surface area contributed by atoms with E-state index in [4.69, 9.17) is 11.6 Å². The Hall–Kier alpha value is -2.27. The van der Waals surface area contributed by atoms with E-state index in [1.54, 1.807) is 6.07 Å². The highest BCUT2D eigenvalue weighted by Crippen LogP contribution is 2.30. The van der Waals surface area contributed by atoms with Crippen LogP contribution in [0.1, 0.15) is 11.1 Å². The number of rotatable bonds is 4. The van der Waals surface area contributed by atoms with Crippen LogP contribution in [-0.4, -0.2) is 11.5 Å². The van der Waals surface area contributed by atoms with Crippen LogP contribution >= 0.6 is 11.6 Å². The van der Waals surface area contributed by atoms with Crippen LogP contribution in [0.4, 0.5) is 17.1 Å². The fraction of sp³-hybridized carbons (Fsp3) is 0.200. The van der Waals surface area contributed by atoms with Crippen molar-refractivity contribution in [3.63, 3.8) is 0 Å². The molecule has 2 aromatic carbocycles. The van der Waals surface area contributed by atoms with Gasteiger partial charge in [0.05, 0.1) is 4.92 Å². The van der Waals surface area contributed by atoms with Gasteiger partial charge in [0.25, 0.3) is 5.69 Å². The maximum Gasteiger partial charge on any atom is 0.292 e. The number of hydrogen-bond acceptors (Lipinski definition) is 4. The van der Waals surface area contributed by atoms with Crippen molar-refractivity contribution in [2.45, 2.75) is 13.0 Å². The van der Waals surface area contributed by atoms with Gasteiger partial charge in [-0.1, -0.05) is 29.8 Å². The van der Waals surface area contributed by atoms with Gasteiger partial charge in [0.2, 0.25) is 0 Å². The van der Waals surface area contributed by atoms with Gasteiger partial charge in [-0.2, -0.15) is 0 Å². The van der Waals surface area contributed by atoms with E-state index in [1.165, 1.54) is 17.7 Å². The highest BCUT2D eigenvalue weighted by Gasteiger charge is 2.16. The van der Waals surface area contributed by atoms with Crippen LogP contribution in [-0.2, 0) is 13.0 Å². The molecule has 2 aromatic rings. The van der Waals surface area contributed by atoms with Gasteiger partial charge in [0.15, 0.2) is 0 Å². The Kier molecular flexibility index (Phi) is 3.66. The summed E-state index contributed by atoms with van der Waals surface area (Å²) in [5.41, 5.74) is 3.98. The van der Waals surface area contributed by atoms with Crippen LogP contribution in [0.2, 0.25) is 5.02 Å². The molecule has 2 N–H and O–H groups in total. The monoisotopic (exact) mass is 303 g/mol. The molecule has 0 spiro atoms. The second-order valence-electron chi connectivity index (χ2n) is 4.90. The maximum atomic E-state index is 11.0. The van der Waals surface area contributed by atoms with E-state index in [0.29, 0.717) is 17.3 Å². The summed E-state index contributed by atoms with van der Waals surface area (Å²) in [6.07, 6.45) is 1.01. The Morgan fingerprint density at radius 2 is 2.19 bits per heavy atom. The molecular formula is C15H14ClN3O2. The molecule has 0 unspecified atom stereocenters. The van der Waals surface area contributed by atoms with Crippen LogP contribution < -0.4 is 10.6 Å². The van der Waals surface area contributed by atoms with Crippen molar-refractivity contribution in [2.75, 3.05) is 17.2 Å². The quantitative estimate of drug-likeness (QED) is 0.665. The fourth-order valence-electron chi connectivity index (χ4n) is 2.56. The third-order valence-electron chi connectivity index (χ3n) is 3.56. The first-order valence-corrected chi connectivity index (χ1v) is 7.05. The number of nitro benzene ring substituents is 1. The van der Waals surface area contributed by atoms with Crippen LogP contribution in [0.25, 0.3) is 0 Å². The minimum atomic E-state index is -0.410. The van der Waals surface area contributed by atoms with Crippen molar-refractivity contribution in [3.8, 4) is 0 Å². The molecule has 0 aromatic heterocycles. The van der Waals surface area contributed by atoms with Crippen LogP contribution in [0.3, 0.4) is 0 Å². The summed E-state index contributed by atoms with van der Waals surface area (Å²) in [6.45, 7) is 1.45. The molecule has 1 aliphatic heterocycles. The number of hydrogen-bond donors (Lipinski definition) is 2. The van der Waals surface area contributed by atoms with Crippen molar-refractivity contribution in [2.24, 2.45) is 0 Å². The summed E-state index contributed by atoms with van der Waals surface area (Å²) < 4.78 is 0. The largest absolute Gasteiger partial charge is 0.384 e. The lowest BCUT2D eigenvalue weighted by molar-refractivity contribution is -0.384. The van der Waals surface area contributed by atoms with Crippen molar-refractivity contribution < 1.29 is 4.92 Å². The molecule has 0 aliphatic carbocycles. The Morgan fingerprint density at radius 1 is 1.33 bits per heavy atom. The number of para-hydroxylation sites is 1. The zero-order valence-corrected chi connectivity index (χ0v) is 12.0. The first-order chi connectivity index (χ1) is 10.1. The van der Waals surface area contributed by atoms with E-state index in [9.17, 15) is 10.1 Å². The van der Waals surface area contributed by atoms with Gasteiger partial charge < -0.3 is 10.6 Å². The lowest BCUT2D eigenvalue weighted by Crippen LogP contribution is -2.05. The fourth-order valence-corrected chi connectivity index (χ4v) is 2.73. The average Bonchev–Trinajstić information content (AvgIpc) is 2.93. The first-order valence-electron chi connectivity index (χ1n) is 6.67. The molecule has 0 saturated carbocycles. The summed E-state index contributed by atoms with van der Waals surface area (Å²) >= 11 is 5.92. The Balaban J connectivity index is 1.84. The van der Waals surface area contributed by atoms with Crippen molar-refractivity contribution >= 4 is 28.7 Å². The Morgan fingerprint density at radius 3 is 3.00 bits per heavy atom. The second kappa shape index (κ2) is 5.61. The van der Waals surface area contributed by atoms with E-state index in [-0.39, 0.29) is 5.69 Å². The molecule has 108 valence electrons. The number of nitrogens with one attached hydrogen (secondary N) is 2. The zero-order chi connectivity index (χ0) is 14.8. The standard InChI is InChI=1S/C15H14ClN3O2/c16-12-4-5-14(19(20)21)13(8-12)18-9-11-3-1-2-10-6-7-17-15(10)11/h1-5,8,17-18H,6-7,9H2. The van der Waals surface area contributed by atoms with Gasteiger partial charge in [0, 0.05) is 29.9 Å². The summed E-state index contributed by atoms with van der Waals surface area (Å²) in [5, 5.41) is 18.0. The molecule has 6 heteroatoms. The predicted octanol–water partition coefficient (Wildman–Crippen LogP) is 3.83. The van der Waals surface area contributed by atoms with E-state index >= 15 is 0 Å². The van der Waals surface area contributed by atoms with E-state index in [0.717, 1.165) is 24.2 Å². The van der Waals surface area contributed by atoms with Gasteiger partial charge >= 0.3 is 0 Å². The predicted molar refractivity (Wildman–Crippen MR) is 84.1 cm³/mol. The lowest BCUT2D eigenvalue weighted by Gasteiger charge is -2.11. The number of fused-ring (bicyclic) bond motifs is 1. The first kappa shape index (κ1) is 13.7. The molecule has 21 heavy (non-hydrogen) atoms. The SMILES string of the molecule is O=[N+]([O-])c1ccc(Cl)cc1NCc1cccc2c1NCC2. The summed E-state index contributed by atoms with van der Waals surface area (Å²) in [4.78, 5) is 10.6. The van der Waals surface area contributed by atoms with Gasteiger partial charge in [-0.3, -0.25) is 10.1 Å². The molecule has 0 fully saturated rings. The van der Waals surface area contributed by atoms with E-state index in [1.807, 2.05) is 12.1 Å². The topological polar surface area (TPSA) is 67.2 Å². The zero-order valence-electron chi connectivity index (χ0n) is 11.2. The highest BCUT2D eigenvalue weighted by molar-refractivity contribution is 6.31. The third-order valence-corrected chi connectivity index (χ3v) is 3.79. The van der Waals surface area contributed by atoms with Crippen molar-refractivity contribution in [1.29, 1.82) is 0 Å². The molecule has 0 amide bonds. The van der Waals surface area contributed by atoms with E-state index in [2.05, 4.69) is 16.7 Å². The molecule has 1 heterocycles. The second-order valence-corrected chi connectivity index (χ2v) is 5.34. The molecular weight excluding hydrogens is 290 g/mol. The van der Waals surface area contributed by atoms with Crippen molar-refractivity contribution in [3.05, 3.63) is 62.7 Å². The Labute approximate surface area is 127 Å². The minimum absolute atomic E-state index is 0.0277. The lowest BCUT2D eigenvalue weighted by atomic mass is 10.1. The number of benzene rings is 2. The molecule has 0 saturated heterocycles. The molecule has 0 bridgehead atoms. The number of anilines is 2. The molecule has 0 radical (unpaired) electrons. The van der Waals surface area contributed by atoms with E-state index < -0.39 is 4.92 Å². The molecule has 0 atom stereocenters. The van der Waals surface area contributed by atoms with Gasteiger partial charge in [-0.05, 0) is 29.7 Å². The van der Waals surface area contributed by atoms with Crippen LogP contribution in [0.5, 0.6) is 0 Å². The molecule has 1 aliphatic rings. The Bertz CT molecular complexity index is 703. The normalized spacial score (nSPS) is 12.6. The van der Waals surface area contributed by atoms with Gasteiger partial charge in [0.1, 0.15) is 5.69 Å². The summed E-state index contributed by atoms with van der Waals surface area (Å²) in [5.74, 6) is 0. The smallest absolute Gasteiger partial charge is 0.292 e.